The van der Waals surface area contributed by atoms with Gasteiger partial charge in [-0.3, -0.25) is 4.79 Å². The van der Waals surface area contributed by atoms with Crippen molar-refractivity contribution in [3.63, 3.8) is 0 Å². The van der Waals surface area contributed by atoms with Crippen LogP contribution in [0.1, 0.15) is 75.0 Å². The second-order valence-electron chi connectivity index (χ2n) is 10.6. The summed E-state index contributed by atoms with van der Waals surface area (Å²) < 4.78 is 26.5. The van der Waals surface area contributed by atoms with Gasteiger partial charge in [-0.1, -0.05) is 57.5 Å². The van der Waals surface area contributed by atoms with Crippen molar-refractivity contribution in [1.29, 1.82) is 0 Å². The predicted molar refractivity (Wildman–Crippen MR) is 140 cm³/mol. The van der Waals surface area contributed by atoms with E-state index in [0.29, 0.717) is 29.6 Å². The maximum Gasteiger partial charge on any atom is 0.303 e. The summed E-state index contributed by atoms with van der Waals surface area (Å²) in [4.78, 5) is 11.1. The number of hydrogen-bond donors (Lipinski definition) is 1. The summed E-state index contributed by atoms with van der Waals surface area (Å²) in [5.74, 6) is 0.480. The molecule has 36 heavy (non-hydrogen) atoms. The van der Waals surface area contributed by atoms with Gasteiger partial charge in [-0.15, -0.1) is 0 Å². The van der Waals surface area contributed by atoms with Crippen LogP contribution in [0.5, 0.6) is 11.5 Å². The van der Waals surface area contributed by atoms with E-state index < -0.39 is 5.97 Å². The number of carbonyl (C=O) groups is 1. The van der Waals surface area contributed by atoms with Gasteiger partial charge in [-0.2, -0.15) is 0 Å². The Kier molecular flexibility index (Phi) is 7.67. The topological polar surface area (TPSA) is 55.8 Å². The molecule has 0 amide bonds. The molecule has 0 aliphatic heterocycles. The first-order chi connectivity index (χ1) is 17.2. The SMILES string of the molecule is COc1ccc(F)c(-c2ccc(COc3cccc([C@@H](C)CC(=O)O)c3)cc2C2CCCC2(C)C)c1. The number of halogens is 1. The predicted octanol–water partition coefficient (Wildman–Crippen LogP) is 7.95. The lowest BCUT2D eigenvalue weighted by Crippen LogP contribution is -2.17. The molecule has 3 aromatic carbocycles. The first-order valence-corrected chi connectivity index (χ1v) is 12.6. The zero-order valence-electron chi connectivity index (χ0n) is 21.5. The van der Waals surface area contributed by atoms with Crippen molar-refractivity contribution in [2.75, 3.05) is 7.11 Å². The lowest BCUT2D eigenvalue weighted by atomic mass is 9.75. The largest absolute Gasteiger partial charge is 0.497 e. The molecule has 0 saturated heterocycles. The summed E-state index contributed by atoms with van der Waals surface area (Å²) in [6, 6.07) is 18.7. The first-order valence-electron chi connectivity index (χ1n) is 12.6. The number of ether oxygens (including phenoxy) is 2. The Hall–Kier alpha value is -3.34. The molecule has 1 aliphatic carbocycles. The van der Waals surface area contributed by atoms with Crippen LogP contribution in [0.2, 0.25) is 0 Å². The fourth-order valence-electron chi connectivity index (χ4n) is 5.43. The second kappa shape index (κ2) is 10.7. The van der Waals surface area contributed by atoms with Crippen LogP contribution < -0.4 is 9.47 Å². The zero-order chi connectivity index (χ0) is 25.9. The van der Waals surface area contributed by atoms with E-state index >= 15 is 0 Å². The maximum absolute atomic E-state index is 15.0. The van der Waals surface area contributed by atoms with Crippen LogP contribution in [0.4, 0.5) is 4.39 Å². The minimum absolute atomic E-state index is 0.0757. The lowest BCUT2D eigenvalue weighted by molar-refractivity contribution is -0.137. The third-order valence-electron chi connectivity index (χ3n) is 7.53. The first kappa shape index (κ1) is 25.7. The van der Waals surface area contributed by atoms with E-state index in [1.807, 2.05) is 43.3 Å². The molecule has 1 N–H and O–H groups in total. The molecule has 1 saturated carbocycles. The minimum Gasteiger partial charge on any atom is -0.497 e. The van der Waals surface area contributed by atoms with E-state index in [4.69, 9.17) is 14.6 Å². The second-order valence-corrected chi connectivity index (χ2v) is 10.6. The van der Waals surface area contributed by atoms with E-state index in [0.717, 1.165) is 41.5 Å². The molecule has 0 bridgehead atoms. The molecule has 0 spiro atoms. The number of carboxylic acids is 1. The van der Waals surface area contributed by atoms with Crippen molar-refractivity contribution in [3.05, 3.63) is 83.2 Å². The zero-order valence-corrected chi connectivity index (χ0v) is 21.5. The normalized spacial score (nSPS) is 17.5. The molecular weight excluding hydrogens is 455 g/mol. The van der Waals surface area contributed by atoms with Crippen molar-refractivity contribution >= 4 is 5.97 Å². The summed E-state index contributed by atoms with van der Waals surface area (Å²) in [5, 5.41) is 9.11. The van der Waals surface area contributed by atoms with Gasteiger partial charge in [0, 0.05) is 5.56 Å². The summed E-state index contributed by atoms with van der Waals surface area (Å²) in [6.07, 6.45) is 3.44. The highest BCUT2D eigenvalue weighted by Gasteiger charge is 2.37. The molecule has 1 unspecified atom stereocenters. The highest BCUT2D eigenvalue weighted by Crippen LogP contribution is 2.51. The molecule has 0 radical (unpaired) electrons. The Labute approximate surface area is 213 Å². The number of benzene rings is 3. The highest BCUT2D eigenvalue weighted by atomic mass is 19.1. The van der Waals surface area contributed by atoms with Crippen molar-refractivity contribution in [2.45, 2.75) is 64.9 Å². The van der Waals surface area contributed by atoms with Crippen LogP contribution in [0.15, 0.2) is 60.7 Å². The molecule has 0 aromatic heterocycles. The van der Waals surface area contributed by atoms with E-state index in [9.17, 15) is 9.18 Å². The summed E-state index contributed by atoms with van der Waals surface area (Å²) >= 11 is 0. The fraction of sp³-hybridized carbons (Fsp3) is 0.387. The standard InChI is InChI=1S/C31H35FO4/c1-20(15-30(33)34)22-7-5-8-24(17-22)36-19-21-10-12-25(27-18-23(35-4)11-13-29(27)32)26(16-21)28-9-6-14-31(28,2)3/h5,7-8,10-13,16-18,20,28H,6,9,14-15,19H2,1-4H3,(H,33,34)/t20-,28?/m0/s1. The van der Waals surface area contributed by atoms with Crippen molar-refractivity contribution in [3.8, 4) is 22.6 Å². The quantitative estimate of drug-likeness (QED) is 0.331. The van der Waals surface area contributed by atoms with E-state index in [-0.39, 0.29) is 23.6 Å². The Balaban J connectivity index is 1.64. The van der Waals surface area contributed by atoms with Crippen LogP contribution in [-0.2, 0) is 11.4 Å². The Morgan fingerprint density at radius 3 is 2.58 bits per heavy atom. The molecule has 5 heteroatoms. The van der Waals surface area contributed by atoms with Gasteiger partial charge in [0.05, 0.1) is 13.5 Å². The van der Waals surface area contributed by atoms with Gasteiger partial charge >= 0.3 is 5.97 Å². The number of hydrogen-bond acceptors (Lipinski definition) is 3. The number of carboxylic acid groups (broad SMARTS) is 1. The fourth-order valence-corrected chi connectivity index (χ4v) is 5.43. The van der Waals surface area contributed by atoms with Crippen LogP contribution >= 0.6 is 0 Å². The average molecular weight is 491 g/mol. The Morgan fingerprint density at radius 1 is 1.08 bits per heavy atom. The van der Waals surface area contributed by atoms with Gasteiger partial charge in [-0.25, -0.2) is 4.39 Å². The molecular formula is C31H35FO4. The van der Waals surface area contributed by atoms with Crippen LogP contribution in [0, 0.1) is 11.2 Å². The molecule has 4 nitrogen and oxygen atoms in total. The highest BCUT2D eigenvalue weighted by molar-refractivity contribution is 5.71. The summed E-state index contributed by atoms with van der Waals surface area (Å²) in [6.45, 7) is 6.86. The average Bonchev–Trinajstić information content (AvgIpc) is 3.21. The third-order valence-corrected chi connectivity index (χ3v) is 7.53. The maximum atomic E-state index is 15.0. The van der Waals surface area contributed by atoms with E-state index in [1.54, 1.807) is 19.2 Å². The number of rotatable bonds is 9. The third kappa shape index (κ3) is 5.72. The molecule has 2 atom stereocenters. The molecule has 4 rings (SSSR count). The van der Waals surface area contributed by atoms with Gasteiger partial charge in [0.25, 0.3) is 0 Å². The summed E-state index contributed by atoms with van der Waals surface area (Å²) in [7, 11) is 1.59. The van der Waals surface area contributed by atoms with Gasteiger partial charge in [-0.05, 0) is 82.7 Å². The van der Waals surface area contributed by atoms with Gasteiger partial charge < -0.3 is 14.6 Å². The monoisotopic (exact) mass is 490 g/mol. The number of methoxy groups -OCH3 is 1. The Bertz CT molecular complexity index is 1230. The van der Waals surface area contributed by atoms with Crippen molar-refractivity contribution in [2.24, 2.45) is 5.41 Å². The summed E-state index contributed by atoms with van der Waals surface area (Å²) in [5.41, 5.74) is 4.68. The van der Waals surface area contributed by atoms with Gasteiger partial charge in [0.1, 0.15) is 23.9 Å². The molecule has 1 fully saturated rings. The van der Waals surface area contributed by atoms with Gasteiger partial charge in [0.2, 0.25) is 0 Å². The smallest absolute Gasteiger partial charge is 0.303 e. The lowest BCUT2D eigenvalue weighted by Gasteiger charge is -2.30. The van der Waals surface area contributed by atoms with Crippen molar-refractivity contribution < 1.29 is 23.8 Å². The molecule has 190 valence electrons. The van der Waals surface area contributed by atoms with Gasteiger partial charge in [0.15, 0.2) is 0 Å². The number of aliphatic carboxylic acids is 1. The molecule has 0 heterocycles. The van der Waals surface area contributed by atoms with E-state index in [2.05, 4.69) is 19.9 Å². The van der Waals surface area contributed by atoms with Crippen LogP contribution in [0.25, 0.3) is 11.1 Å². The van der Waals surface area contributed by atoms with E-state index in [1.165, 1.54) is 6.07 Å². The van der Waals surface area contributed by atoms with Crippen molar-refractivity contribution in [1.82, 2.24) is 0 Å². The Morgan fingerprint density at radius 2 is 1.89 bits per heavy atom. The molecule has 1 aliphatic rings. The van der Waals surface area contributed by atoms with Crippen LogP contribution in [-0.4, -0.2) is 18.2 Å². The molecule has 3 aromatic rings. The minimum atomic E-state index is -0.816. The van der Waals surface area contributed by atoms with Crippen LogP contribution in [0.3, 0.4) is 0 Å².